The first-order chi connectivity index (χ1) is 10.2. The summed E-state index contributed by atoms with van der Waals surface area (Å²) in [5, 5.41) is 6.73. The summed E-state index contributed by atoms with van der Waals surface area (Å²) in [6.07, 6.45) is 0.651. The lowest BCUT2D eigenvalue weighted by atomic mass is 10.0. The number of nitrogens with zero attached hydrogens (tertiary/aromatic N) is 1. The predicted molar refractivity (Wildman–Crippen MR) is 83.6 cm³/mol. The van der Waals surface area contributed by atoms with Gasteiger partial charge in [-0.3, -0.25) is 9.65 Å². The van der Waals surface area contributed by atoms with Crippen molar-refractivity contribution in [3.63, 3.8) is 0 Å². The summed E-state index contributed by atoms with van der Waals surface area (Å²) in [6.45, 7) is 5.75. The Morgan fingerprint density at radius 2 is 1.91 bits per heavy atom. The molecule has 1 heterocycles. The minimum Gasteiger partial charge on any atom is -0.491 e. The molecule has 0 bridgehead atoms. The summed E-state index contributed by atoms with van der Waals surface area (Å²) in [4.78, 5) is 0. The molecular formula is C15H20N2O4S. The van der Waals surface area contributed by atoms with E-state index in [-0.39, 0.29) is 6.10 Å². The molecule has 0 atom stereocenters. The highest BCUT2D eigenvalue weighted by atomic mass is 32.2. The van der Waals surface area contributed by atoms with Gasteiger partial charge in [0.05, 0.1) is 11.8 Å². The Morgan fingerprint density at radius 3 is 2.45 bits per heavy atom. The van der Waals surface area contributed by atoms with Crippen molar-refractivity contribution in [3.8, 4) is 5.75 Å². The quantitative estimate of drug-likeness (QED) is 0.796. The topological polar surface area (TPSA) is 92.3 Å². The lowest BCUT2D eigenvalue weighted by molar-refractivity contribution is 0.242. The number of aromatic nitrogens is 2. The molecule has 0 aliphatic carbocycles. The number of hydrogen-bond acceptors (Lipinski definition) is 4. The highest BCUT2D eigenvalue weighted by molar-refractivity contribution is 7.85. The average molecular weight is 324 g/mol. The highest BCUT2D eigenvalue weighted by Crippen LogP contribution is 2.20. The van der Waals surface area contributed by atoms with Gasteiger partial charge in [0.25, 0.3) is 10.1 Å². The van der Waals surface area contributed by atoms with Crippen LogP contribution < -0.4 is 4.74 Å². The van der Waals surface area contributed by atoms with Crippen molar-refractivity contribution in [3.05, 3.63) is 46.8 Å². The third kappa shape index (κ3) is 4.57. The van der Waals surface area contributed by atoms with Gasteiger partial charge in [0.15, 0.2) is 0 Å². The summed E-state index contributed by atoms with van der Waals surface area (Å²) < 4.78 is 36.7. The van der Waals surface area contributed by atoms with Gasteiger partial charge in [0, 0.05) is 17.7 Å². The fourth-order valence-corrected chi connectivity index (χ4v) is 2.78. The Balaban J connectivity index is 2.18. The van der Waals surface area contributed by atoms with E-state index < -0.39 is 15.9 Å². The van der Waals surface area contributed by atoms with E-state index in [1.165, 1.54) is 0 Å². The summed E-state index contributed by atoms with van der Waals surface area (Å²) >= 11 is 0. The van der Waals surface area contributed by atoms with Crippen LogP contribution in [-0.2, 0) is 22.3 Å². The maximum Gasteiger partial charge on any atom is 0.270 e. The smallest absolute Gasteiger partial charge is 0.270 e. The molecule has 0 saturated carbocycles. The minimum atomic E-state index is -4.10. The Kier molecular flexibility index (Phi) is 4.87. The Hall–Kier alpha value is -1.86. The number of hydrogen-bond donors (Lipinski definition) is 2. The number of benzene rings is 1. The Bertz CT molecular complexity index is 733. The van der Waals surface area contributed by atoms with E-state index in [0.29, 0.717) is 12.1 Å². The van der Waals surface area contributed by atoms with Crippen LogP contribution in [0.3, 0.4) is 0 Å². The van der Waals surface area contributed by atoms with Crippen LogP contribution in [0, 0.1) is 6.92 Å². The normalized spacial score (nSPS) is 11.9. The molecule has 2 aromatic rings. The van der Waals surface area contributed by atoms with E-state index in [2.05, 4.69) is 10.2 Å². The molecule has 0 amide bonds. The van der Waals surface area contributed by atoms with Crippen LogP contribution in [0.15, 0.2) is 24.3 Å². The maximum absolute atomic E-state index is 11.0. The SMILES string of the molecule is Cc1[nH]nc(CS(=O)(=O)O)c1Cc1ccc(OC(C)C)cc1. The molecule has 0 unspecified atom stereocenters. The molecule has 2 rings (SSSR count). The van der Waals surface area contributed by atoms with Crippen LogP contribution in [0.25, 0.3) is 0 Å². The molecule has 1 aromatic heterocycles. The summed E-state index contributed by atoms with van der Waals surface area (Å²) in [7, 11) is -4.10. The van der Waals surface area contributed by atoms with Crippen LogP contribution in [0.1, 0.15) is 36.4 Å². The summed E-state index contributed by atoms with van der Waals surface area (Å²) in [5.74, 6) is 0.308. The molecule has 7 heteroatoms. The molecule has 0 spiro atoms. The van der Waals surface area contributed by atoms with Crippen molar-refractivity contribution < 1.29 is 17.7 Å². The van der Waals surface area contributed by atoms with Crippen molar-refractivity contribution in [2.45, 2.75) is 39.0 Å². The standard InChI is InChI=1S/C15H20N2O4S/c1-10(2)21-13-6-4-12(5-7-13)8-14-11(3)16-17-15(14)9-22(18,19)20/h4-7,10H,8-9H2,1-3H3,(H,16,17)(H,18,19,20). The Labute approximate surface area is 130 Å². The second-order valence-electron chi connectivity index (χ2n) is 5.49. The van der Waals surface area contributed by atoms with Gasteiger partial charge in [0.2, 0.25) is 0 Å². The predicted octanol–water partition coefficient (Wildman–Crippen LogP) is 2.48. The van der Waals surface area contributed by atoms with Gasteiger partial charge in [-0.1, -0.05) is 12.1 Å². The van der Waals surface area contributed by atoms with Crippen LogP contribution in [-0.4, -0.2) is 29.3 Å². The summed E-state index contributed by atoms with van der Waals surface area (Å²) in [5.41, 5.74) is 2.94. The van der Waals surface area contributed by atoms with E-state index in [1.54, 1.807) is 0 Å². The van der Waals surface area contributed by atoms with Gasteiger partial charge < -0.3 is 4.74 Å². The van der Waals surface area contributed by atoms with E-state index in [1.807, 2.05) is 45.0 Å². The third-order valence-electron chi connectivity index (χ3n) is 3.15. The number of H-pyrrole nitrogens is 1. The lowest BCUT2D eigenvalue weighted by Crippen LogP contribution is -2.06. The van der Waals surface area contributed by atoms with E-state index in [4.69, 9.17) is 9.29 Å². The van der Waals surface area contributed by atoms with Gasteiger partial charge in [-0.15, -0.1) is 0 Å². The molecular weight excluding hydrogens is 304 g/mol. The van der Waals surface area contributed by atoms with Crippen LogP contribution >= 0.6 is 0 Å². The number of aryl methyl sites for hydroxylation is 1. The first kappa shape index (κ1) is 16.5. The van der Waals surface area contributed by atoms with E-state index in [0.717, 1.165) is 22.6 Å². The molecule has 22 heavy (non-hydrogen) atoms. The molecule has 120 valence electrons. The Morgan fingerprint density at radius 1 is 1.27 bits per heavy atom. The minimum absolute atomic E-state index is 0.114. The number of ether oxygens (including phenoxy) is 1. The van der Waals surface area contributed by atoms with Gasteiger partial charge in [0.1, 0.15) is 11.5 Å². The third-order valence-corrected chi connectivity index (χ3v) is 3.79. The van der Waals surface area contributed by atoms with E-state index >= 15 is 0 Å². The number of nitrogens with one attached hydrogen (secondary N) is 1. The molecule has 0 fully saturated rings. The number of aromatic amines is 1. The van der Waals surface area contributed by atoms with Gasteiger partial charge in [-0.05, 0) is 38.5 Å². The molecule has 0 radical (unpaired) electrons. The van der Waals surface area contributed by atoms with Crippen LogP contribution in [0.4, 0.5) is 0 Å². The van der Waals surface area contributed by atoms with Crippen molar-refractivity contribution >= 4 is 10.1 Å². The summed E-state index contributed by atoms with van der Waals surface area (Å²) in [6, 6.07) is 7.63. The highest BCUT2D eigenvalue weighted by Gasteiger charge is 2.16. The van der Waals surface area contributed by atoms with Gasteiger partial charge >= 0.3 is 0 Å². The van der Waals surface area contributed by atoms with Crippen molar-refractivity contribution in [2.24, 2.45) is 0 Å². The second-order valence-corrected chi connectivity index (χ2v) is 6.94. The first-order valence-electron chi connectivity index (χ1n) is 6.98. The second kappa shape index (κ2) is 6.50. The first-order valence-corrected chi connectivity index (χ1v) is 8.59. The number of rotatable bonds is 6. The molecule has 1 aromatic carbocycles. The molecule has 2 N–H and O–H groups in total. The monoisotopic (exact) mass is 324 g/mol. The van der Waals surface area contributed by atoms with Gasteiger partial charge in [-0.25, -0.2) is 0 Å². The zero-order chi connectivity index (χ0) is 16.3. The molecule has 0 saturated heterocycles. The fourth-order valence-electron chi connectivity index (χ4n) is 2.19. The zero-order valence-corrected chi connectivity index (χ0v) is 13.6. The van der Waals surface area contributed by atoms with Crippen LogP contribution in [0.5, 0.6) is 5.75 Å². The fraction of sp³-hybridized carbons (Fsp3) is 0.400. The zero-order valence-electron chi connectivity index (χ0n) is 12.8. The van der Waals surface area contributed by atoms with Crippen molar-refractivity contribution in [1.82, 2.24) is 10.2 Å². The average Bonchev–Trinajstić information content (AvgIpc) is 2.71. The van der Waals surface area contributed by atoms with Crippen LogP contribution in [0.2, 0.25) is 0 Å². The maximum atomic E-state index is 11.0. The molecule has 0 aliphatic rings. The van der Waals surface area contributed by atoms with Crippen molar-refractivity contribution in [1.29, 1.82) is 0 Å². The lowest BCUT2D eigenvalue weighted by Gasteiger charge is -2.10. The molecule has 0 aliphatic heterocycles. The largest absolute Gasteiger partial charge is 0.491 e. The van der Waals surface area contributed by atoms with E-state index in [9.17, 15) is 8.42 Å². The molecule has 6 nitrogen and oxygen atoms in total. The van der Waals surface area contributed by atoms with Crippen molar-refractivity contribution in [2.75, 3.05) is 0 Å². The van der Waals surface area contributed by atoms with Gasteiger partial charge in [-0.2, -0.15) is 13.5 Å².